The summed E-state index contributed by atoms with van der Waals surface area (Å²) in [5, 5.41) is 51.8. The Kier molecular flexibility index (Phi) is 37.5. The van der Waals surface area contributed by atoms with Gasteiger partial charge < -0.3 is 44.2 Å². The Bertz CT molecular complexity index is 3240. The van der Waals surface area contributed by atoms with Crippen molar-refractivity contribution in [3.8, 4) is 12.3 Å². The summed E-state index contributed by atoms with van der Waals surface area (Å²) in [5.74, 6) is 8.74. The lowest BCUT2D eigenvalue weighted by molar-refractivity contribution is -0.151. The zero-order valence-electron chi connectivity index (χ0n) is 74.1. The highest BCUT2D eigenvalue weighted by atomic mass is 79.9. The molecule has 0 aromatic heterocycles. The fourth-order valence-electron chi connectivity index (χ4n) is 22.0. The minimum absolute atomic E-state index is 0.00555. The summed E-state index contributed by atoms with van der Waals surface area (Å²) in [6.07, 6.45) is 46.4. The van der Waals surface area contributed by atoms with Gasteiger partial charge in [-0.2, -0.15) is 0 Å². The van der Waals surface area contributed by atoms with Gasteiger partial charge in [-0.15, -0.1) is 18.9 Å². The van der Waals surface area contributed by atoms with Gasteiger partial charge in [-0.1, -0.05) is 176 Å². The summed E-state index contributed by atoms with van der Waals surface area (Å²) in [6.45, 7) is 53.5. The van der Waals surface area contributed by atoms with Crippen LogP contribution in [0.5, 0.6) is 0 Å². The second-order valence-corrected chi connectivity index (χ2v) is 52.2. The molecule has 3 unspecified atom stereocenters. The molecule has 0 bridgehead atoms. The Morgan fingerprint density at radius 2 is 0.955 bits per heavy atom. The van der Waals surface area contributed by atoms with Crippen molar-refractivity contribution < 1.29 is 48.8 Å². The van der Waals surface area contributed by atoms with E-state index in [1.807, 2.05) is 15.9 Å². The summed E-state index contributed by atoms with van der Waals surface area (Å²) in [6, 6.07) is 0. The number of hydrogen-bond donors (Lipinski definition) is 5. The first-order chi connectivity index (χ1) is 52.1. The van der Waals surface area contributed by atoms with Crippen molar-refractivity contribution >= 4 is 77.2 Å². The maximum absolute atomic E-state index is 12.9. The summed E-state index contributed by atoms with van der Waals surface area (Å²) >= 11 is 12.6. The van der Waals surface area contributed by atoms with Gasteiger partial charge in [-0.3, -0.25) is 14.4 Å². The molecule has 9 rings (SSSR count). The predicted molar refractivity (Wildman–Crippen MR) is 480 cm³/mol. The van der Waals surface area contributed by atoms with E-state index < -0.39 is 50.9 Å². The lowest BCUT2D eigenvalue weighted by atomic mass is 9.60. The number of carbonyl (C=O) groups excluding carboxylic acids is 3. The van der Waals surface area contributed by atoms with Crippen molar-refractivity contribution in [2.45, 2.75) is 400 Å². The molecule has 9 fully saturated rings. The first-order valence-electron chi connectivity index (χ1n) is 44.5. The average Bonchev–Trinajstić information content (AvgIpc) is 1.61. The molecule has 2 heterocycles. The fraction of sp³-hybridized carbons (Fsp3) is 0.821. The van der Waals surface area contributed by atoms with Crippen LogP contribution in [0.1, 0.15) is 322 Å². The number of likely N-dealkylation sites (tertiary alicyclic amines) is 2. The third-order valence-corrected chi connectivity index (χ3v) is 41.6. The van der Waals surface area contributed by atoms with Crippen molar-refractivity contribution in [2.24, 2.45) is 69.5 Å². The molecule has 112 heavy (non-hydrogen) atoms. The van der Waals surface area contributed by atoms with Gasteiger partial charge in [0.15, 0.2) is 16.6 Å². The molecule has 2 amide bonds. The van der Waals surface area contributed by atoms with Gasteiger partial charge in [0.2, 0.25) is 0 Å². The van der Waals surface area contributed by atoms with Crippen LogP contribution in [0, 0.1) is 81.8 Å². The molecule has 0 aromatic carbocycles. The number of amides is 2. The SMILES string of the molecule is C#CC[C@H](C[C@@H](C=C)O[Si](C)(C)C(C)(C)C)O[Si](C)(C)C(C)(C)C.C=C1/C(=C\C=C2/CCC[C@@]3(C)C2CC[C@@H]3[C@H](C)CCC[C@@](C)(O)C(=O)N2CCCCC2)C[C@@H](O)C[C@@H]1O.C[C@H](CCC[C@@](C)(O)C(=O)Cl)[C@H]1CCC2/C(=C/Br)CCC[C@@]21C.C[C@H](CCC[C@@](C)(O)C(=O)N1CCCCC1)[C@H]1CCC2/C(=C/Br)CCC[C@@]21C. The van der Waals surface area contributed by atoms with Crippen LogP contribution < -0.4 is 0 Å². The number of allylic oxidation sites excluding steroid dienone is 5. The summed E-state index contributed by atoms with van der Waals surface area (Å²) in [4.78, 5) is 44.9. The zero-order valence-corrected chi connectivity index (χ0v) is 80.0. The highest BCUT2D eigenvalue weighted by molar-refractivity contribution is 9.11. The van der Waals surface area contributed by atoms with Crippen LogP contribution in [0.25, 0.3) is 0 Å². The van der Waals surface area contributed by atoms with E-state index in [0.29, 0.717) is 78.9 Å². The second-order valence-electron chi connectivity index (χ2n) is 41.4. The Morgan fingerprint density at radius 1 is 0.589 bits per heavy atom. The minimum Gasteiger partial charge on any atom is -0.413 e. The first kappa shape index (κ1) is 98.8. The van der Waals surface area contributed by atoms with Crippen LogP contribution in [-0.2, 0) is 23.2 Å². The standard InChI is InChI=1S/C32H51NO4.C24H40BrNO2.C20H40O2Si2.C19H30BrClO2/c1-22(10-8-17-32(4,37)30(36)33-18-6-5-7-19-33)27-14-15-28-24(11-9-16-31(27,28)3)12-13-25-20-26(34)21-29(35)23(25)2;1-18(20-11-12-21-19(17-25)10-8-13-23(20,21)2)9-7-14-24(3,28)22(27)26-15-5-4-6-16-26;1-13-15-18(22-24(11,12)20(6,7)8)16-17(14-2)21-23(9,10)19(3,4)5;1-13(6-4-11-19(3,23)17(21)22)15-8-9-16-14(12-20)7-5-10-18(15,16)2/h12-13,22,26-29,34-35,37H,2,5-11,14-21H2,1,3-4H3;17-18,20-21,28H,4-16H2,1-3H3;1,14,17-18H,2,15-16H2,3-12H3;12-13,15-16,23H,4-11H2,1-3H3/b24-12+,25-13-;19-17+;;14-12+/t22-,26-,27-,28?,29+,31-,32-;18-,20-,21?,23-,24-;17-,18-;13-,15-,16?,18-,19-/m1111/s1. The van der Waals surface area contributed by atoms with Crippen molar-refractivity contribution in [3.05, 3.63) is 69.2 Å². The average molecular weight is 1740 g/mol. The Labute approximate surface area is 707 Å². The van der Waals surface area contributed by atoms with E-state index in [0.717, 1.165) is 138 Å². The molecule has 17 heteroatoms. The number of nitrogens with zero attached hydrogens (tertiary/aromatic N) is 2. The summed E-state index contributed by atoms with van der Waals surface area (Å²) in [7, 11) is -3.70. The van der Waals surface area contributed by atoms with Crippen molar-refractivity contribution in [1.82, 2.24) is 9.80 Å². The third kappa shape index (κ3) is 25.8. The molecule has 2 saturated heterocycles. The van der Waals surface area contributed by atoms with Crippen molar-refractivity contribution in [1.29, 1.82) is 0 Å². The molecule has 7 aliphatic carbocycles. The number of fused-ring (bicyclic) bond motifs is 3. The molecule has 12 nitrogen and oxygen atoms in total. The van der Waals surface area contributed by atoms with Crippen LogP contribution in [0.2, 0.25) is 36.3 Å². The van der Waals surface area contributed by atoms with Gasteiger partial charge in [0.25, 0.3) is 17.1 Å². The number of rotatable bonds is 27. The maximum atomic E-state index is 12.9. The molecule has 7 saturated carbocycles. The smallest absolute Gasteiger partial charge is 0.254 e. The van der Waals surface area contributed by atoms with E-state index in [2.05, 4.69) is 182 Å². The number of hydrogen-bond acceptors (Lipinski definition) is 10. The third-order valence-electron chi connectivity index (χ3n) is 30.9. The lowest BCUT2D eigenvalue weighted by Gasteiger charge is -2.44. The van der Waals surface area contributed by atoms with E-state index in [-0.39, 0.29) is 39.5 Å². The minimum atomic E-state index is -1.85. The number of carbonyl (C=O) groups is 3. The number of aliphatic hydroxyl groups is 5. The number of aliphatic hydroxyl groups excluding tert-OH is 2. The lowest BCUT2D eigenvalue weighted by Crippen LogP contribution is -2.49. The topological polar surface area (TPSA) is 177 Å². The molecule has 9 aliphatic rings. The van der Waals surface area contributed by atoms with Crippen LogP contribution in [0.15, 0.2) is 69.2 Å². The fourth-order valence-corrected chi connectivity index (χ4v) is 25.8. The molecule has 0 aromatic rings. The molecule has 0 spiro atoms. The maximum Gasteiger partial charge on any atom is 0.254 e. The Hall–Kier alpha value is -1.99. The predicted octanol–water partition coefficient (Wildman–Crippen LogP) is 23.9. The molecular weight excluding hydrogens is 1580 g/mol. The van der Waals surface area contributed by atoms with Gasteiger partial charge >= 0.3 is 0 Å². The van der Waals surface area contributed by atoms with Crippen molar-refractivity contribution in [2.75, 3.05) is 26.2 Å². The molecular formula is C95H161Br2ClN2O10Si2. The highest BCUT2D eigenvalue weighted by Gasteiger charge is 2.54. The van der Waals surface area contributed by atoms with Crippen LogP contribution in [0.3, 0.4) is 0 Å². The van der Waals surface area contributed by atoms with Gasteiger partial charge in [0.05, 0.1) is 24.4 Å². The van der Waals surface area contributed by atoms with E-state index in [4.69, 9.17) is 26.9 Å². The van der Waals surface area contributed by atoms with Gasteiger partial charge in [-0.25, -0.2) is 0 Å². The molecule has 2 aliphatic heterocycles. The first-order valence-corrected chi connectivity index (χ1v) is 52.5. The molecule has 19 atom stereocenters. The van der Waals surface area contributed by atoms with E-state index in [1.54, 1.807) is 25.0 Å². The normalized spacial score (nSPS) is 32.2. The molecule has 640 valence electrons. The van der Waals surface area contributed by atoms with Crippen molar-refractivity contribution in [3.63, 3.8) is 0 Å². The Morgan fingerprint density at radius 3 is 1.31 bits per heavy atom. The van der Waals surface area contributed by atoms with Crippen LogP contribution in [0.4, 0.5) is 0 Å². The van der Waals surface area contributed by atoms with E-state index >= 15 is 0 Å². The van der Waals surface area contributed by atoms with Crippen LogP contribution >= 0.6 is 43.5 Å². The van der Waals surface area contributed by atoms with Gasteiger partial charge in [-0.05, 0) is 339 Å². The monoisotopic (exact) mass is 1740 g/mol. The van der Waals surface area contributed by atoms with E-state index in [9.17, 15) is 39.9 Å². The summed E-state index contributed by atoms with van der Waals surface area (Å²) < 4.78 is 13.1. The zero-order chi connectivity index (χ0) is 83.8. The second kappa shape index (κ2) is 42.5. The quantitative estimate of drug-likeness (QED) is 0.0230. The van der Waals surface area contributed by atoms with E-state index in [1.165, 1.54) is 115 Å². The molecule has 0 radical (unpaired) electrons. The largest absolute Gasteiger partial charge is 0.413 e. The number of halogens is 3. The highest BCUT2D eigenvalue weighted by Crippen LogP contribution is 2.63. The Balaban J connectivity index is 0.000000238. The van der Waals surface area contributed by atoms with Gasteiger partial charge in [0.1, 0.15) is 16.8 Å². The van der Waals surface area contributed by atoms with Gasteiger partial charge in [0, 0.05) is 45.4 Å². The number of terminal acetylenes is 1. The summed E-state index contributed by atoms with van der Waals surface area (Å²) in [5.41, 5.74) is 3.81. The molecule has 5 N–H and O–H groups in total. The van der Waals surface area contributed by atoms with Crippen LogP contribution in [-0.4, -0.2) is 136 Å². The number of piperidine rings is 2.